The first-order chi connectivity index (χ1) is 13.7. The Labute approximate surface area is 164 Å². The lowest BCUT2D eigenvalue weighted by molar-refractivity contribution is -0.126. The van der Waals surface area contributed by atoms with Gasteiger partial charge in [0.1, 0.15) is 18.7 Å². The van der Waals surface area contributed by atoms with Gasteiger partial charge in [0.15, 0.2) is 0 Å². The van der Waals surface area contributed by atoms with Crippen LogP contribution >= 0.6 is 0 Å². The van der Waals surface area contributed by atoms with Gasteiger partial charge in [-0.3, -0.25) is 14.4 Å². The first-order valence-corrected chi connectivity index (χ1v) is 10.1. The molecule has 3 aliphatic rings. The Bertz CT molecular complexity index is 982. The topological polar surface area (TPSA) is 59.7 Å². The molecule has 6 heteroatoms. The van der Waals surface area contributed by atoms with Gasteiger partial charge in [0, 0.05) is 31.0 Å². The molecule has 1 aromatic carbocycles. The largest absolute Gasteiger partial charge is 0.374 e. The number of hydrogen-bond acceptors (Lipinski definition) is 4. The molecule has 0 saturated carbocycles. The van der Waals surface area contributed by atoms with Crippen molar-refractivity contribution in [3.05, 3.63) is 59.2 Å². The number of aryl methyl sites for hydroxylation is 1. The molecule has 6 nitrogen and oxygen atoms in total. The molecule has 1 amide bonds. The van der Waals surface area contributed by atoms with Gasteiger partial charge in [-0.2, -0.15) is 0 Å². The summed E-state index contributed by atoms with van der Waals surface area (Å²) in [5, 5.41) is 0. The van der Waals surface area contributed by atoms with Gasteiger partial charge in [0.2, 0.25) is 5.91 Å². The average molecular weight is 376 g/mol. The summed E-state index contributed by atoms with van der Waals surface area (Å²) < 4.78 is 7.87. The number of imidazole rings is 1. The van der Waals surface area contributed by atoms with E-state index in [0.29, 0.717) is 6.54 Å². The first kappa shape index (κ1) is 17.4. The maximum Gasteiger partial charge on any atom is 0.248 e. The van der Waals surface area contributed by atoms with Crippen LogP contribution in [0.15, 0.2) is 41.8 Å². The Morgan fingerprint density at radius 3 is 3.04 bits per heavy atom. The minimum atomic E-state index is 0.0465. The van der Waals surface area contributed by atoms with Crippen LogP contribution in [0.3, 0.4) is 0 Å². The molecule has 0 bridgehead atoms. The minimum Gasteiger partial charge on any atom is -0.374 e. The molecule has 0 unspecified atom stereocenters. The average Bonchev–Trinajstić information content (AvgIpc) is 3.39. The van der Waals surface area contributed by atoms with E-state index in [1.165, 1.54) is 11.1 Å². The first-order valence-electron chi connectivity index (χ1n) is 10.1. The number of carbonyl (C=O) groups is 1. The van der Waals surface area contributed by atoms with Crippen LogP contribution in [-0.4, -0.2) is 45.9 Å². The monoisotopic (exact) mass is 376 g/mol. The van der Waals surface area contributed by atoms with Crippen LogP contribution in [0, 0.1) is 0 Å². The standard InChI is InChI=1S/C22H24N4O2/c1-2-15-13-25(14-24-15)21-11-19-17-5-3-6-18(20-7-4-10-28-20)16(17)8-9-26(19)22(27)12-23-21/h3,5-6,11,13-14,20H,2,4,7-10,12H2,1H3/t20-/m0/s1. The van der Waals surface area contributed by atoms with E-state index in [0.717, 1.165) is 55.1 Å². The van der Waals surface area contributed by atoms with E-state index in [-0.39, 0.29) is 18.6 Å². The third-order valence-corrected chi connectivity index (χ3v) is 5.85. The maximum atomic E-state index is 12.8. The van der Waals surface area contributed by atoms with Crippen molar-refractivity contribution in [1.29, 1.82) is 0 Å². The number of fused-ring (bicyclic) bond motifs is 3. The number of ether oxygens (including phenoxy) is 1. The molecule has 0 N–H and O–H groups in total. The van der Waals surface area contributed by atoms with Gasteiger partial charge in [0.25, 0.3) is 0 Å². The second-order valence-corrected chi connectivity index (χ2v) is 7.50. The van der Waals surface area contributed by atoms with E-state index in [9.17, 15) is 4.79 Å². The van der Waals surface area contributed by atoms with Crippen molar-refractivity contribution in [3.63, 3.8) is 0 Å². The van der Waals surface area contributed by atoms with Crippen LogP contribution in [0.5, 0.6) is 0 Å². The fourth-order valence-electron chi connectivity index (χ4n) is 4.38. The number of aliphatic imine (C=N–C) groups is 1. The van der Waals surface area contributed by atoms with E-state index in [4.69, 9.17) is 4.74 Å². The molecule has 1 fully saturated rings. The third kappa shape index (κ3) is 2.88. The van der Waals surface area contributed by atoms with E-state index in [1.54, 1.807) is 6.33 Å². The number of benzene rings is 1. The number of hydrogen-bond donors (Lipinski definition) is 0. The van der Waals surface area contributed by atoms with E-state index >= 15 is 0 Å². The molecule has 0 spiro atoms. The van der Waals surface area contributed by atoms with Crippen LogP contribution in [0.2, 0.25) is 0 Å². The highest BCUT2D eigenvalue weighted by atomic mass is 16.5. The van der Waals surface area contributed by atoms with Crippen LogP contribution in [0.1, 0.15) is 48.3 Å². The molecule has 144 valence electrons. The van der Waals surface area contributed by atoms with Gasteiger partial charge >= 0.3 is 0 Å². The summed E-state index contributed by atoms with van der Waals surface area (Å²) in [4.78, 5) is 23.6. The molecule has 5 rings (SSSR count). The highest BCUT2D eigenvalue weighted by molar-refractivity contribution is 6.06. The van der Waals surface area contributed by atoms with Crippen molar-refractivity contribution in [2.24, 2.45) is 4.99 Å². The summed E-state index contributed by atoms with van der Waals surface area (Å²) in [6.45, 7) is 3.76. The van der Waals surface area contributed by atoms with Crippen molar-refractivity contribution in [3.8, 4) is 0 Å². The quantitative estimate of drug-likeness (QED) is 0.810. The molecule has 2 aromatic rings. The van der Waals surface area contributed by atoms with Gasteiger partial charge in [-0.1, -0.05) is 25.1 Å². The normalized spacial score (nSPS) is 21.7. The number of allylic oxidation sites excluding steroid dienone is 1. The Balaban J connectivity index is 1.60. The zero-order valence-electron chi connectivity index (χ0n) is 16.1. The van der Waals surface area contributed by atoms with Crippen LogP contribution < -0.4 is 0 Å². The zero-order valence-corrected chi connectivity index (χ0v) is 16.1. The Hall–Kier alpha value is -2.73. The number of aromatic nitrogens is 2. The smallest absolute Gasteiger partial charge is 0.248 e. The molecule has 0 radical (unpaired) electrons. The Morgan fingerprint density at radius 2 is 2.25 bits per heavy atom. The molecule has 1 atom stereocenters. The number of amides is 1. The molecular formula is C22H24N4O2. The van der Waals surface area contributed by atoms with Crippen molar-refractivity contribution >= 4 is 17.4 Å². The van der Waals surface area contributed by atoms with Crippen molar-refractivity contribution in [1.82, 2.24) is 14.5 Å². The SMILES string of the molecule is CCc1cn(C2=NCC(=O)N3CCc4c(cccc4[C@@H]4CCCO4)C3=C2)cn1. The van der Waals surface area contributed by atoms with Gasteiger partial charge < -0.3 is 9.64 Å². The van der Waals surface area contributed by atoms with E-state index < -0.39 is 0 Å². The molecule has 3 aliphatic heterocycles. The predicted molar refractivity (Wildman–Crippen MR) is 107 cm³/mol. The second-order valence-electron chi connectivity index (χ2n) is 7.50. The molecule has 0 aliphatic carbocycles. The Morgan fingerprint density at radius 1 is 1.32 bits per heavy atom. The lowest BCUT2D eigenvalue weighted by Gasteiger charge is -2.32. The van der Waals surface area contributed by atoms with Crippen LogP contribution in [0.4, 0.5) is 0 Å². The number of carbonyl (C=O) groups excluding carboxylic acids is 1. The summed E-state index contributed by atoms with van der Waals surface area (Å²) in [6.07, 6.45) is 9.88. The zero-order chi connectivity index (χ0) is 19.1. The lowest BCUT2D eigenvalue weighted by Crippen LogP contribution is -2.36. The Kier molecular flexibility index (Phi) is 4.36. The fourth-order valence-corrected chi connectivity index (χ4v) is 4.38. The fraction of sp³-hybridized carbons (Fsp3) is 0.409. The number of nitrogens with zero attached hydrogens (tertiary/aromatic N) is 4. The van der Waals surface area contributed by atoms with Gasteiger partial charge in [-0.25, -0.2) is 4.98 Å². The molecule has 1 aromatic heterocycles. The maximum absolute atomic E-state index is 12.8. The van der Waals surface area contributed by atoms with Crippen molar-refractivity contribution in [2.45, 2.75) is 38.7 Å². The number of rotatable bonds is 2. The molecule has 1 saturated heterocycles. The summed E-state index contributed by atoms with van der Waals surface area (Å²) in [5.41, 5.74) is 5.66. The third-order valence-electron chi connectivity index (χ3n) is 5.85. The molecule has 4 heterocycles. The van der Waals surface area contributed by atoms with E-state index in [2.05, 4.69) is 35.1 Å². The second kappa shape index (κ2) is 7.02. The summed E-state index contributed by atoms with van der Waals surface area (Å²) >= 11 is 0. The molecule has 28 heavy (non-hydrogen) atoms. The lowest BCUT2D eigenvalue weighted by atomic mass is 9.89. The molecular weight excluding hydrogens is 352 g/mol. The van der Waals surface area contributed by atoms with Crippen LogP contribution in [-0.2, 0) is 22.4 Å². The highest BCUT2D eigenvalue weighted by Gasteiger charge is 2.31. The van der Waals surface area contributed by atoms with Crippen molar-refractivity contribution in [2.75, 3.05) is 19.7 Å². The minimum absolute atomic E-state index is 0.0465. The van der Waals surface area contributed by atoms with Gasteiger partial charge in [0.05, 0.1) is 17.5 Å². The predicted octanol–water partition coefficient (Wildman–Crippen LogP) is 2.98. The van der Waals surface area contributed by atoms with Gasteiger partial charge in [-0.15, -0.1) is 0 Å². The summed E-state index contributed by atoms with van der Waals surface area (Å²) in [6, 6.07) is 6.38. The highest BCUT2D eigenvalue weighted by Crippen LogP contribution is 2.38. The summed E-state index contributed by atoms with van der Waals surface area (Å²) in [5.74, 6) is 0.804. The van der Waals surface area contributed by atoms with Crippen LogP contribution in [0.25, 0.3) is 5.70 Å². The van der Waals surface area contributed by atoms with E-state index in [1.807, 2.05) is 21.7 Å². The van der Waals surface area contributed by atoms with Gasteiger partial charge in [-0.05, 0) is 36.8 Å². The summed E-state index contributed by atoms with van der Waals surface area (Å²) in [7, 11) is 0. The van der Waals surface area contributed by atoms with Crippen molar-refractivity contribution < 1.29 is 9.53 Å².